The molecular formula is C19H23FN6O2. The molecule has 1 amide bonds. The largest absolute Gasteiger partial charge is 0.397 e. The number of hydrogen-bond acceptors (Lipinski definition) is 7. The Morgan fingerprint density at radius 1 is 1.36 bits per heavy atom. The van der Waals surface area contributed by atoms with Gasteiger partial charge in [0.2, 0.25) is 0 Å². The molecule has 28 heavy (non-hydrogen) atoms. The van der Waals surface area contributed by atoms with E-state index in [1.807, 2.05) is 0 Å². The van der Waals surface area contributed by atoms with Crippen LogP contribution in [0.3, 0.4) is 0 Å². The van der Waals surface area contributed by atoms with Gasteiger partial charge in [-0.05, 0) is 43.7 Å². The number of nitrogens with two attached hydrogens (primary N) is 2. The molecule has 1 atom stereocenters. The summed E-state index contributed by atoms with van der Waals surface area (Å²) in [5, 5.41) is 16.5. The summed E-state index contributed by atoms with van der Waals surface area (Å²) < 4.78 is 14.3. The first kappa shape index (κ1) is 19.7. The second-order valence-electron chi connectivity index (χ2n) is 7.23. The summed E-state index contributed by atoms with van der Waals surface area (Å²) in [7, 11) is 0. The normalized spacial score (nSPS) is 16.2. The molecule has 0 spiro atoms. The lowest BCUT2D eigenvalue weighted by molar-refractivity contribution is -0.0931. The fourth-order valence-corrected chi connectivity index (χ4v) is 3.07. The number of aliphatic hydroxyl groups is 1. The number of halogens is 1. The van der Waals surface area contributed by atoms with Crippen LogP contribution in [0.4, 0.5) is 27.1 Å². The van der Waals surface area contributed by atoms with Crippen molar-refractivity contribution < 1.29 is 14.3 Å². The average Bonchev–Trinajstić information content (AvgIpc) is 2.61. The second kappa shape index (κ2) is 7.17. The van der Waals surface area contributed by atoms with Crippen LogP contribution in [-0.2, 0) is 0 Å². The van der Waals surface area contributed by atoms with Crippen molar-refractivity contribution >= 4 is 28.7 Å². The van der Waals surface area contributed by atoms with Gasteiger partial charge in [-0.1, -0.05) is 6.07 Å². The third kappa shape index (κ3) is 3.54. The van der Waals surface area contributed by atoms with Gasteiger partial charge in [0.05, 0.1) is 35.7 Å². The minimum absolute atomic E-state index is 0.0896. The molecule has 2 aromatic carbocycles. The average molecular weight is 386 g/mol. The number of rotatable bonds is 5. The summed E-state index contributed by atoms with van der Waals surface area (Å²) in [5.74, 6) is -0.863. The molecule has 3 rings (SSSR count). The van der Waals surface area contributed by atoms with Gasteiger partial charge >= 0.3 is 0 Å². The van der Waals surface area contributed by atoms with E-state index in [2.05, 4.69) is 10.4 Å². The monoisotopic (exact) mass is 386 g/mol. The Bertz CT molecular complexity index is 940. The first-order chi connectivity index (χ1) is 13.1. The first-order valence-electron chi connectivity index (χ1n) is 8.76. The molecule has 1 saturated heterocycles. The van der Waals surface area contributed by atoms with E-state index >= 15 is 0 Å². The van der Waals surface area contributed by atoms with E-state index in [9.17, 15) is 14.3 Å². The molecule has 1 heterocycles. The van der Waals surface area contributed by atoms with Crippen LogP contribution in [0.1, 0.15) is 22.8 Å². The van der Waals surface area contributed by atoms with Crippen LogP contribution >= 0.6 is 0 Å². The highest BCUT2D eigenvalue weighted by molar-refractivity contribution is 6.03. The minimum Gasteiger partial charge on any atom is -0.397 e. The van der Waals surface area contributed by atoms with Crippen molar-refractivity contribution in [3.8, 4) is 0 Å². The van der Waals surface area contributed by atoms with Crippen LogP contribution in [0, 0.1) is 18.3 Å². The number of nitrogens with one attached hydrogen (secondary N) is 2. The topological polar surface area (TPSA) is 141 Å². The lowest BCUT2D eigenvalue weighted by atomic mass is 9.87. The van der Waals surface area contributed by atoms with E-state index in [1.54, 1.807) is 26.0 Å². The molecular weight excluding hydrogens is 363 g/mol. The lowest BCUT2D eigenvalue weighted by Crippen LogP contribution is -2.70. The summed E-state index contributed by atoms with van der Waals surface area (Å²) in [6.07, 6.45) is 0. The van der Waals surface area contributed by atoms with Crippen molar-refractivity contribution in [1.82, 2.24) is 4.90 Å². The van der Waals surface area contributed by atoms with Gasteiger partial charge in [-0.25, -0.2) is 9.92 Å². The van der Waals surface area contributed by atoms with Gasteiger partial charge in [0.1, 0.15) is 17.1 Å². The molecule has 0 saturated carbocycles. The van der Waals surface area contributed by atoms with E-state index in [0.29, 0.717) is 0 Å². The SMILES string of the molecule is Cc1ccc(Nc2cc(N=N)c(N)cc2C(=O)N2CC(O)(C(C)N)C2)c(F)c1. The van der Waals surface area contributed by atoms with Crippen LogP contribution < -0.4 is 16.8 Å². The Labute approximate surface area is 161 Å². The lowest BCUT2D eigenvalue weighted by Gasteiger charge is -2.48. The predicted octanol–water partition coefficient (Wildman–Crippen LogP) is 2.66. The highest BCUT2D eigenvalue weighted by atomic mass is 19.1. The number of hydrogen-bond donors (Lipinski definition) is 5. The smallest absolute Gasteiger partial charge is 0.256 e. The van der Waals surface area contributed by atoms with Crippen LogP contribution in [0.2, 0.25) is 0 Å². The number of nitrogens with zero attached hydrogens (tertiary/aromatic N) is 2. The van der Waals surface area contributed by atoms with Crippen molar-refractivity contribution in [3.05, 3.63) is 47.3 Å². The molecule has 1 aliphatic rings. The quantitative estimate of drug-likeness (QED) is 0.397. The molecule has 7 N–H and O–H groups in total. The van der Waals surface area contributed by atoms with Crippen LogP contribution in [0.5, 0.6) is 0 Å². The number of anilines is 3. The van der Waals surface area contributed by atoms with Gasteiger partial charge < -0.3 is 26.8 Å². The third-order valence-electron chi connectivity index (χ3n) is 4.98. The Morgan fingerprint density at radius 3 is 2.61 bits per heavy atom. The summed E-state index contributed by atoms with van der Waals surface area (Å²) in [5.41, 5.74) is 19.5. The molecule has 1 aliphatic heterocycles. The number of amides is 1. The van der Waals surface area contributed by atoms with Crippen molar-refractivity contribution in [2.24, 2.45) is 10.8 Å². The molecule has 2 aromatic rings. The van der Waals surface area contributed by atoms with Gasteiger partial charge in [-0.2, -0.15) is 5.11 Å². The van der Waals surface area contributed by atoms with E-state index < -0.39 is 17.5 Å². The van der Waals surface area contributed by atoms with Crippen molar-refractivity contribution in [1.29, 1.82) is 5.53 Å². The number of likely N-dealkylation sites (tertiary alicyclic amines) is 1. The maximum atomic E-state index is 14.3. The first-order valence-corrected chi connectivity index (χ1v) is 8.76. The van der Waals surface area contributed by atoms with Crippen molar-refractivity contribution in [3.63, 3.8) is 0 Å². The van der Waals surface area contributed by atoms with Gasteiger partial charge in [0.25, 0.3) is 5.91 Å². The zero-order valence-corrected chi connectivity index (χ0v) is 15.7. The molecule has 1 unspecified atom stereocenters. The number of nitrogen functional groups attached to an aromatic ring is 1. The molecule has 1 fully saturated rings. The maximum Gasteiger partial charge on any atom is 0.256 e. The van der Waals surface area contributed by atoms with E-state index in [0.717, 1.165) is 5.56 Å². The molecule has 0 bridgehead atoms. The van der Waals surface area contributed by atoms with Gasteiger partial charge in [-0.15, -0.1) is 0 Å². The van der Waals surface area contributed by atoms with E-state index in [1.165, 1.54) is 23.1 Å². The van der Waals surface area contributed by atoms with Crippen molar-refractivity contribution in [2.75, 3.05) is 24.1 Å². The van der Waals surface area contributed by atoms with Crippen LogP contribution in [0.25, 0.3) is 0 Å². The van der Waals surface area contributed by atoms with Crippen LogP contribution in [0.15, 0.2) is 35.4 Å². The van der Waals surface area contributed by atoms with E-state index in [-0.39, 0.29) is 47.3 Å². The standard InChI is InChI=1S/C19H23FN6O2/c1-10-3-4-15(13(20)5-10)24-16-7-17(25-23)14(22)6-12(16)18(27)26-8-19(28,9-26)11(2)21/h3-7,11,23-24,28H,8-9,21-22H2,1-2H3. The van der Waals surface area contributed by atoms with Crippen molar-refractivity contribution in [2.45, 2.75) is 25.5 Å². The molecule has 8 nitrogen and oxygen atoms in total. The number of β-amino-alcohol motifs (C(OH)–C–C–N with tert-alkyl or cyclic N) is 1. The zero-order chi connectivity index (χ0) is 20.6. The van der Waals surface area contributed by atoms with Gasteiger partial charge in [-0.3, -0.25) is 4.79 Å². The molecule has 0 aliphatic carbocycles. The number of aryl methyl sites for hydroxylation is 1. The number of carbonyl (C=O) groups excluding carboxylic acids is 1. The summed E-state index contributed by atoms with van der Waals surface area (Å²) >= 11 is 0. The zero-order valence-electron chi connectivity index (χ0n) is 15.7. The Hall–Kier alpha value is -3.04. The second-order valence-corrected chi connectivity index (χ2v) is 7.23. The fourth-order valence-electron chi connectivity index (χ4n) is 3.07. The summed E-state index contributed by atoms with van der Waals surface area (Å²) in [6, 6.07) is 7.00. The number of carbonyl (C=O) groups is 1. The van der Waals surface area contributed by atoms with Gasteiger partial charge in [0, 0.05) is 6.04 Å². The predicted molar refractivity (Wildman–Crippen MR) is 105 cm³/mol. The highest BCUT2D eigenvalue weighted by Gasteiger charge is 2.46. The van der Waals surface area contributed by atoms with E-state index in [4.69, 9.17) is 17.0 Å². The highest BCUT2D eigenvalue weighted by Crippen LogP contribution is 2.35. The minimum atomic E-state index is -1.13. The van der Waals surface area contributed by atoms with Crippen LogP contribution in [-0.4, -0.2) is 40.6 Å². The third-order valence-corrected chi connectivity index (χ3v) is 4.98. The molecule has 0 aromatic heterocycles. The Kier molecular flexibility index (Phi) is 5.05. The fraction of sp³-hybridized carbons (Fsp3) is 0.316. The Morgan fingerprint density at radius 2 is 2.04 bits per heavy atom. The summed E-state index contributed by atoms with van der Waals surface area (Å²) in [6.45, 7) is 3.63. The maximum absolute atomic E-state index is 14.3. The number of benzene rings is 2. The summed E-state index contributed by atoms with van der Waals surface area (Å²) in [4.78, 5) is 14.4. The molecule has 9 heteroatoms. The van der Waals surface area contributed by atoms with Gasteiger partial charge in [0.15, 0.2) is 0 Å². The Balaban J connectivity index is 1.95. The molecule has 148 valence electrons. The molecule has 0 radical (unpaired) electrons.